The summed E-state index contributed by atoms with van der Waals surface area (Å²) in [7, 11) is 0. The van der Waals surface area contributed by atoms with Gasteiger partial charge in [-0.2, -0.15) is 0 Å². The quantitative estimate of drug-likeness (QED) is 0.272. The molecule has 2 atom stereocenters. The molecule has 146 valence electrons. The molecular weight excluding hydrogens is 306 g/mol. The normalized spacial score (nSPS) is 19.2. The van der Waals surface area contributed by atoms with Crippen molar-refractivity contribution in [1.29, 1.82) is 0 Å². The van der Waals surface area contributed by atoms with Crippen LogP contribution in [0, 0.1) is 0 Å². The molecular formula is C22H43N3. The summed E-state index contributed by atoms with van der Waals surface area (Å²) >= 11 is 0. The minimum absolute atomic E-state index is 0.125. The molecule has 0 aromatic carbocycles. The molecule has 2 N–H and O–H groups in total. The monoisotopic (exact) mass is 349 g/mol. The first kappa shape index (κ1) is 22.4. The second kappa shape index (κ2) is 15.6. The topological polar surface area (TPSA) is 41.6 Å². The van der Waals surface area contributed by atoms with Crippen LogP contribution in [-0.4, -0.2) is 30.0 Å². The summed E-state index contributed by atoms with van der Waals surface area (Å²) in [5.41, 5.74) is 5.99. The van der Waals surface area contributed by atoms with Crippen molar-refractivity contribution >= 4 is 6.21 Å². The van der Waals surface area contributed by atoms with E-state index < -0.39 is 0 Å². The fourth-order valence-electron chi connectivity index (χ4n) is 3.61. The van der Waals surface area contributed by atoms with Crippen LogP contribution in [0.1, 0.15) is 104 Å². The Bertz CT molecular complexity index is 349. The fraction of sp³-hybridized carbons (Fsp3) is 0.864. The lowest BCUT2D eigenvalue weighted by atomic mass is 10.0. The Labute approximate surface area is 157 Å². The molecule has 0 radical (unpaired) electrons. The van der Waals surface area contributed by atoms with Crippen molar-refractivity contribution < 1.29 is 0 Å². The van der Waals surface area contributed by atoms with Crippen LogP contribution in [0.2, 0.25) is 0 Å². The molecule has 3 heteroatoms. The van der Waals surface area contributed by atoms with E-state index in [0.29, 0.717) is 6.17 Å². The minimum Gasteiger partial charge on any atom is -0.316 e. The number of unbranched alkanes of at least 4 members (excludes halogenated alkanes) is 11. The van der Waals surface area contributed by atoms with Gasteiger partial charge in [-0.1, -0.05) is 76.9 Å². The number of aliphatic imine (C=N–C) groups is 1. The number of hydrogen-bond acceptors (Lipinski definition) is 3. The van der Waals surface area contributed by atoms with E-state index in [1.807, 2.05) is 6.21 Å². The third-order valence-electron chi connectivity index (χ3n) is 5.21. The average molecular weight is 350 g/mol. The lowest BCUT2D eigenvalue weighted by Crippen LogP contribution is -2.43. The highest BCUT2D eigenvalue weighted by atomic mass is 15.3. The van der Waals surface area contributed by atoms with E-state index in [2.05, 4.69) is 35.9 Å². The van der Waals surface area contributed by atoms with Gasteiger partial charge in [-0.25, -0.2) is 0 Å². The molecule has 25 heavy (non-hydrogen) atoms. The van der Waals surface area contributed by atoms with Crippen molar-refractivity contribution in [2.75, 3.05) is 6.54 Å². The molecule has 0 aromatic rings. The molecule has 1 heterocycles. The fourth-order valence-corrected chi connectivity index (χ4v) is 3.61. The summed E-state index contributed by atoms with van der Waals surface area (Å²) in [6.07, 6.45) is 26.1. The van der Waals surface area contributed by atoms with Gasteiger partial charge in [0.25, 0.3) is 0 Å². The minimum atomic E-state index is 0.125. The number of nitrogens with two attached hydrogens (primary N) is 1. The molecule has 0 aliphatic carbocycles. The van der Waals surface area contributed by atoms with Crippen molar-refractivity contribution in [3.05, 3.63) is 12.2 Å². The zero-order valence-corrected chi connectivity index (χ0v) is 17.0. The maximum atomic E-state index is 5.99. The zero-order chi connectivity index (χ0) is 18.2. The van der Waals surface area contributed by atoms with Gasteiger partial charge in [0.2, 0.25) is 0 Å². The summed E-state index contributed by atoms with van der Waals surface area (Å²) in [6, 6.07) is 0. The number of nitrogens with zero attached hydrogens (tertiary/aromatic N) is 2. The van der Waals surface area contributed by atoms with Crippen LogP contribution in [0.15, 0.2) is 17.1 Å². The number of rotatable bonds is 16. The first-order valence-electron chi connectivity index (χ1n) is 10.9. The molecule has 0 aromatic heterocycles. The molecule has 0 saturated heterocycles. The van der Waals surface area contributed by atoms with Gasteiger partial charge < -0.3 is 5.73 Å². The van der Waals surface area contributed by atoms with Crippen LogP contribution in [0.4, 0.5) is 0 Å². The highest BCUT2D eigenvalue weighted by molar-refractivity contribution is 5.62. The summed E-state index contributed by atoms with van der Waals surface area (Å²) < 4.78 is 0. The molecule has 1 aliphatic rings. The first-order valence-corrected chi connectivity index (χ1v) is 10.9. The number of hydrogen-bond donors (Lipinski definition) is 1. The summed E-state index contributed by atoms with van der Waals surface area (Å²) in [5.74, 6) is 0. The highest BCUT2D eigenvalue weighted by Gasteiger charge is 2.22. The van der Waals surface area contributed by atoms with Crippen LogP contribution in [0.25, 0.3) is 0 Å². The Morgan fingerprint density at radius 2 is 1.52 bits per heavy atom. The molecule has 0 amide bonds. The summed E-state index contributed by atoms with van der Waals surface area (Å²) in [5, 5.41) is 0. The molecule has 0 fully saturated rings. The average Bonchev–Trinajstić information content (AvgIpc) is 3.07. The van der Waals surface area contributed by atoms with E-state index in [9.17, 15) is 0 Å². The van der Waals surface area contributed by atoms with Gasteiger partial charge >= 0.3 is 0 Å². The van der Waals surface area contributed by atoms with Gasteiger partial charge in [0.05, 0.1) is 6.17 Å². The Morgan fingerprint density at radius 3 is 2.08 bits per heavy atom. The highest BCUT2D eigenvalue weighted by Crippen LogP contribution is 2.17. The SMILES string of the molecule is CC/C=C/CCCCCCCCCCCCCC1N=CCN1C(C)N. The van der Waals surface area contributed by atoms with Crippen molar-refractivity contribution in [3.63, 3.8) is 0 Å². The van der Waals surface area contributed by atoms with Gasteiger partial charge in [-0.15, -0.1) is 0 Å². The third-order valence-corrected chi connectivity index (χ3v) is 5.21. The zero-order valence-electron chi connectivity index (χ0n) is 17.0. The Balaban J connectivity index is 1.79. The van der Waals surface area contributed by atoms with Crippen molar-refractivity contribution in [1.82, 2.24) is 4.90 Å². The Kier molecular flexibility index (Phi) is 13.9. The largest absolute Gasteiger partial charge is 0.316 e. The maximum Gasteiger partial charge on any atom is 0.103 e. The van der Waals surface area contributed by atoms with E-state index in [1.54, 1.807) is 0 Å². The Morgan fingerprint density at radius 1 is 0.960 bits per heavy atom. The molecule has 0 bridgehead atoms. The lowest BCUT2D eigenvalue weighted by Gasteiger charge is -2.26. The van der Waals surface area contributed by atoms with E-state index in [1.165, 1.54) is 89.9 Å². The van der Waals surface area contributed by atoms with Gasteiger partial charge in [-0.05, 0) is 39.0 Å². The molecule has 0 spiro atoms. The van der Waals surface area contributed by atoms with Crippen molar-refractivity contribution in [3.8, 4) is 0 Å². The van der Waals surface area contributed by atoms with E-state index in [4.69, 9.17) is 5.73 Å². The van der Waals surface area contributed by atoms with E-state index in [-0.39, 0.29) is 6.17 Å². The second-order valence-electron chi connectivity index (χ2n) is 7.60. The molecule has 0 saturated carbocycles. The van der Waals surface area contributed by atoms with Crippen molar-refractivity contribution in [2.45, 2.75) is 116 Å². The molecule has 2 unspecified atom stereocenters. The molecule has 1 aliphatic heterocycles. The van der Waals surface area contributed by atoms with Crippen molar-refractivity contribution in [2.24, 2.45) is 10.7 Å². The van der Waals surface area contributed by atoms with E-state index in [0.717, 1.165) is 6.54 Å². The third kappa shape index (κ3) is 11.5. The summed E-state index contributed by atoms with van der Waals surface area (Å²) in [6.45, 7) is 5.19. The predicted molar refractivity (Wildman–Crippen MR) is 112 cm³/mol. The van der Waals surface area contributed by atoms with Crippen LogP contribution >= 0.6 is 0 Å². The van der Waals surface area contributed by atoms with Gasteiger partial charge in [-0.3, -0.25) is 9.89 Å². The smallest absolute Gasteiger partial charge is 0.103 e. The standard InChI is InChI=1S/C22H43N3/c1-3-4-5-6-7-8-9-10-11-12-13-14-15-16-17-18-22-24-19-20-25(22)21(2)23/h4-5,19,21-22H,3,6-18,20,23H2,1-2H3/b5-4+. The first-order chi connectivity index (χ1) is 12.3. The molecule has 1 rings (SSSR count). The Hall–Kier alpha value is -0.670. The predicted octanol–water partition coefficient (Wildman–Crippen LogP) is 6.04. The summed E-state index contributed by atoms with van der Waals surface area (Å²) in [4.78, 5) is 6.85. The van der Waals surface area contributed by atoms with Crippen LogP contribution in [0.5, 0.6) is 0 Å². The maximum absolute atomic E-state index is 5.99. The van der Waals surface area contributed by atoms with Crippen LogP contribution < -0.4 is 5.73 Å². The van der Waals surface area contributed by atoms with Gasteiger partial charge in [0, 0.05) is 12.8 Å². The van der Waals surface area contributed by atoms with Crippen LogP contribution in [0.3, 0.4) is 0 Å². The van der Waals surface area contributed by atoms with E-state index >= 15 is 0 Å². The van der Waals surface area contributed by atoms with Gasteiger partial charge in [0.15, 0.2) is 0 Å². The second-order valence-corrected chi connectivity index (χ2v) is 7.60. The van der Waals surface area contributed by atoms with Gasteiger partial charge in [0.1, 0.15) is 6.17 Å². The lowest BCUT2D eigenvalue weighted by molar-refractivity contribution is 0.182. The molecule has 3 nitrogen and oxygen atoms in total. The van der Waals surface area contributed by atoms with Crippen LogP contribution in [-0.2, 0) is 0 Å². The number of allylic oxidation sites excluding steroid dienone is 2.